The van der Waals surface area contributed by atoms with Gasteiger partial charge in [0, 0.05) is 0 Å². The molecule has 0 aliphatic rings. The first-order valence-corrected chi connectivity index (χ1v) is 5.47. The van der Waals surface area contributed by atoms with Crippen LogP contribution in [0.25, 0.3) is 0 Å². The van der Waals surface area contributed by atoms with Gasteiger partial charge >= 0.3 is 88.7 Å². The first kappa shape index (κ1) is 26.2. The zero-order valence-electron chi connectivity index (χ0n) is 7.84. The number of phosphoric acid groups is 2. The van der Waals surface area contributed by atoms with E-state index in [1.165, 1.54) is 0 Å². The Morgan fingerprint density at radius 1 is 1.07 bits per heavy atom. The second-order valence-corrected chi connectivity index (χ2v) is 4.13. The van der Waals surface area contributed by atoms with E-state index in [2.05, 4.69) is 8.83 Å². The quantitative estimate of drug-likeness (QED) is 0.286. The summed E-state index contributed by atoms with van der Waals surface area (Å²) < 4.78 is 26.4. The molecule has 0 aromatic heterocycles. The zero-order valence-corrected chi connectivity index (χ0v) is 16.4. The molecule has 0 spiro atoms. The molecule has 0 aromatic rings. The average Bonchev–Trinajstić information content (AvgIpc) is 1.55. The van der Waals surface area contributed by atoms with E-state index >= 15 is 0 Å². The molecule has 0 rings (SSSR count). The SMILES string of the molecule is O=P([O-])([O-])OP(=O)([O-])OCCl.[Na+].[Na+].[Na+]. The predicted molar refractivity (Wildman–Crippen MR) is 28.1 cm³/mol. The van der Waals surface area contributed by atoms with Crippen LogP contribution in [0.4, 0.5) is 0 Å². The molecule has 0 saturated heterocycles. The van der Waals surface area contributed by atoms with Crippen LogP contribution in [0.15, 0.2) is 0 Å². The number of halogens is 1. The van der Waals surface area contributed by atoms with Crippen LogP contribution in [-0.2, 0) is 18.0 Å². The monoisotopic (exact) mass is 292 g/mol. The van der Waals surface area contributed by atoms with Crippen LogP contribution in [0.2, 0.25) is 0 Å². The summed E-state index contributed by atoms with van der Waals surface area (Å²) in [5, 5.41) is 0. The second-order valence-electron chi connectivity index (χ2n) is 1.21. The Hall–Kier alpha value is 3.55. The number of phosphoric ester groups is 1. The average molecular weight is 292 g/mol. The van der Waals surface area contributed by atoms with Crippen LogP contribution in [0.1, 0.15) is 0 Å². The summed E-state index contributed by atoms with van der Waals surface area (Å²) in [7, 11) is -10.7. The molecule has 0 bridgehead atoms. The maximum Gasteiger partial charge on any atom is 1.00 e. The van der Waals surface area contributed by atoms with E-state index in [0.29, 0.717) is 0 Å². The van der Waals surface area contributed by atoms with Gasteiger partial charge in [-0.1, -0.05) is 11.6 Å². The van der Waals surface area contributed by atoms with Crippen molar-refractivity contribution in [1.29, 1.82) is 0 Å². The van der Waals surface area contributed by atoms with Crippen molar-refractivity contribution in [1.82, 2.24) is 0 Å². The minimum absolute atomic E-state index is 0. The topological polar surface area (TPSA) is 122 Å². The van der Waals surface area contributed by atoms with Crippen LogP contribution in [0, 0.1) is 0 Å². The van der Waals surface area contributed by atoms with E-state index in [9.17, 15) is 23.8 Å². The minimum atomic E-state index is -5.58. The van der Waals surface area contributed by atoms with Crippen molar-refractivity contribution in [3.05, 3.63) is 0 Å². The Balaban J connectivity index is -0.000000167. The molecule has 13 heteroatoms. The molecule has 7 nitrogen and oxygen atoms in total. The summed E-state index contributed by atoms with van der Waals surface area (Å²) in [6.45, 7) is 0. The summed E-state index contributed by atoms with van der Waals surface area (Å²) in [5.41, 5.74) is 0. The van der Waals surface area contributed by atoms with Gasteiger partial charge in [-0.25, -0.2) is 0 Å². The van der Waals surface area contributed by atoms with Gasteiger partial charge in [0.1, 0.15) is 6.07 Å². The molecule has 0 amide bonds. The molecular formula is CH2ClNa3O7P2. The number of rotatable bonds is 4. The minimum Gasteiger partial charge on any atom is -0.790 e. The molecule has 68 valence electrons. The van der Waals surface area contributed by atoms with Gasteiger partial charge < -0.3 is 23.8 Å². The third-order valence-electron chi connectivity index (χ3n) is 0.407. The Morgan fingerprint density at radius 2 is 1.43 bits per heavy atom. The summed E-state index contributed by atoms with van der Waals surface area (Å²) in [5.74, 6) is 0. The van der Waals surface area contributed by atoms with Crippen molar-refractivity contribution in [2.24, 2.45) is 0 Å². The van der Waals surface area contributed by atoms with Crippen LogP contribution in [-0.4, -0.2) is 6.07 Å². The fourth-order valence-electron chi connectivity index (χ4n) is 0.206. The van der Waals surface area contributed by atoms with Crippen molar-refractivity contribution in [2.75, 3.05) is 6.07 Å². The molecule has 0 fully saturated rings. The largest absolute Gasteiger partial charge is 1.00 e. The Morgan fingerprint density at radius 3 is 1.64 bits per heavy atom. The van der Waals surface area contributed by atoms with Gasteiger partial charge in [0.25, 0.3) is 7.82 Å². The summed E-state index contributed by atoms with van der Waals surface area (Å²) >= 11 is 4.75. The van der Waals surface area contributed by atoms with Crippen molar-refractivity contribution in [2.45, 2.75) is 0 Å². The third-order valence-corrected chi connectivity index (χ3v) is 2.71. The fraction of sp³-hybridized carbons (Fsp3) is 1.00. The van der Waals surface area contributed by atoms with Gasteiger partial charge in [0.2, 0.25) is 0 Å². The molecule has 0 radical (unpaired) electrons. The molecule has 1 unspecified atom stereocenters. The molecular weight excluding hydrogens is 290 g/mol. The first-order valence-electron chi connectivity index (χ1n) is 2.02. The van der Waals surface area contributed by atoms with Crippen molar-refractivity contribution in [3.8, 4) is 0 Å². The Kier molecular flexibility index (Phi) is 21.7. The van der Waals surface area contributed by atoms with Crippen molar-refractivity contribution >= 4 is 27.2 Å². The third kappa shape index (κ3) is 17.9. The molecule has 0 saturated carbocycles. The normalized spacial score (nSPS) is 14.0. The molecule has 0 heterocycles. The van der Waals surface area contributed by atoms with E-state index < -0.39 is 21.7 Å². The summed E-state index contributed by atoms with van der Waals surface area (Å²) in [4.78, 5) is 29.5. The maximum atomic E-state index is 10.2. The smallest absolute Gasteiger partial charge is 0.790 e. The zero-order chi connectivity index (χ0) is 9.12. The van der Waals surface area contributed by atoms with E-state index in [1.54, 1.807) is 0 Å². The van der Waals surface area contributed by atoms with Crippen LogP contribution in [0.5, 0.6) is 0 Å². The molecule has 0 aliphatic carbocycles. The number of alkyl halides is 1. The van der Waals surface area contributed by atoms with Crippen molar-refractivity contribution < 1.29 is 121 Å². The van der Waals surface area contributed by atoms with Crippen LogP contribution < -0.4 is 103 Å². The Bertz CT molecular complexity index is 217. The molecule has 0 aromatic carbocycles. The van der Waals surface area contributed by atoms with Gasteiger partial charge in [0.15, 0.2) is 0 Å². The van der Waals surface area contributed by atoms with Gasteiger partial charge in [-0.05, 0) is 0 Å². The van der Waals surface area contributed by atoms with Crippen LogP contribution >= 0.6 is 27.2 Å². The van der Waals surface area contributed by atoms with Gasteiger partial charge in [-0.2, -0.15) is 0 Å². The number of hydrogen-bond donors (Lipinski definition) is 0. The second kappa shape index (κ2) is 11.6. The molecule has 0 aliphatic heterocycles. The van der Waals surface area contributed by atoms with Crippen LogP contribution in [0.3, 0.4) is 0 Å². The van der Waals surface area contributed by atoms with E-state index in [1.807, 2.05) is 0 Å². The standard InChI is InChI=1S/CH5ClO7P2.3Na/c2-1-8-11(6,7)9-10(3,4)5;;;/h1H2,(H,6,7)(H2,3,4,5);;;/q;3*+1/p-3. The van der Waals surface area contributed by atoms with E-state index in [4.69, 9.17) is 11.6 Å². The van der Waals surface area contributed by atoms with Gasteiger partial charge in [0.05, 0.1) is 7.82 Å². The molecule has 1 atom stereocenters. The van der Waals surface area contributed by atoms with Gasteiger partial charge in [-0.15, -0.1) is 0 Å². The molecule has 14 heavy (non-hydrogen) atoms. The van der Waals surface area contributed by atoms with Gasteiger partial charge in [-0.3, -0.25) is 8.88 Å². The van der Waals surface area contributed by atoms with E-state index in [-0.39, 0.29) is 88.7 Å². The van der Waals surface area contributed by atoms with E-state index in [0.717, 1.165) is 0 Å². The summed E-state index contributed by atoms with van der Waals surface area (Å²) in [6, 6.07) is -0.819. The first-order chi connectivity index (χ1) is 4.77. The fourth-order valence-corrected chi connectivity index (χ4v) is 1.85. The summed E-state index contributed by atoms with van der Waals surface area (Å²) in [6.07, 6.45) is 0. The Labute approximate surface area is 152 Å². The molecule has 0 N–H and O–H groups in total. The maximum absolute atomic E-state index is 10.2. The predicted octanol–water partition coefficient (Wildman–Crippen LogP) is -10.5. The van der Waals surface area contributed by atoms with Crippen molar-refractivity contribution in [3.63, 3.8) is 0 Å². The number of hydrogen-bond acceptors (Lipinski definition) is 7.